The average Bonchev–Trinajstić information content (AvgIpc) is 2.15. The van der Waals surface area contributed by atoms with E-state index in [1.807, 2.05) is 6.92 Å². The summed E-state index contributed by atoms with van der Waals surface area (Å²) < 4.78 is 5.37. The first-order chi connectivity index (χ1) is 5.88. The van der Waals surface area contributed by atoms with Gasteiger partial charge >= 0.3 is 0 Å². The molecule has 0 aliphatic heterocycles. The van der Waals surface area contributed by atoms with Crippen molar-refractivity contribution in [2.75, 3.05) is 6.61 Å². The van der Waals surface area contributed by atoms with Crippen molar-refractivity contribution in [3.8, 4) is 6.07 Å². The first kappa shape index (κ1) is 9.54. The molecule has 0 amide bonds. The first-order valence-corrected chi connectivity index (χ1v) is 4.89. The highest BCUT2D eigenvalue weighted by Crippen LogP contribution is 2.27. The average molecular weight is 167 g/mol. The minimum Gasteiger partial charge on any atom is -0.363 e. The lowest BCUT2D eigenvalue weighted by Gasteiger charge is -2.25. The van der Waals surface area contributed by atoms with Crippen LogP contribution >= 0.6 is 0 Å². The fourth-order valence-electron chi connectivity index (χ4n) is 1.90. The molecule has 68 valence electrons. The summed E-state index contributed by atoms with van der Waals surface area (Å²) in [5.41, 5.74) is 0. The third-order valence-electron chi connectivity index (χ3n) is 2.55. The van der Waals surface area contributed by atoms with Gasteiger partial charge in [0.2, 0.25) is 0 Å². The smallest absolute Gasteiger partial charge is 0.146 e. The lowest BCUT2D eigenvalue weighted by atomic mass is 9.86. The summed E-state index contributed by atoms with van der Waals surface area (Å²) in [6.07, 6.45) is 6.10. The monoisotopic (exact) mass is 167 g/mol. The van der Waals surface area contributed by atoms with Crippen LogP contribution in [0, 0.1) is 17.2 Å². The van der Waals surface area contributed by atoms with E-state index in [1.54, 1.807) is 0 Å². The SMILES string of the molecule is CCOC(C#N)C1CCCCC1. The molecule has 0 aromatic rings. The van der Waals surface area contributed by atoms with E-state index in [1.165, 1.54) is 32.1 Å². The van der Waals surface area contributed by atoms with Gasteiger partial charge in [-0.15, -0.1) is 0 Å². The number of hydrogen-bond acceptors (Lipinski definition) is 2. The number of nitriles is 1. The molecule has 1 fully saturated rings. The predicted octanol–water partition coefficient (Wildman–Crippen LogP) is 2.50. The maximum absolute atomic E-state index is 8.83. The lowest BCUT2D eigenvalue weighted by molar-refractivity contribution is 0.0449. The molecule has 0 aromatic carbocycles. The minimum atomic E-state index is -0.143. The van der Waals surface area contributed by atoms with E-state index in [9.17, 15) is 0 Å². The number of hydrogen-bond donors (Lipinski definition) is 0. The normalized spacial score (nSPS) is 21.7. The Labute approximate surface area is 74.5 Å². The third kappa shape index (κ3) is 2.49. The van der Waals surface area contributed by atoms with Crippen LogP contribution in [0.1, 0.15) is 39.0 Å². The molecule has 1 aliphatic carbocycles. The highest BCUT2D eigenvalue weighted by atomic mass is 16.5. The highest BCUT2D eigenvalue weighted by molar-refractivity contribution is 4.90. The quantitative estimate of drug-likeness (QED) is 0.647. The van der Waals surface area contributed by atoms with Crippen molar-refractivity contribution < 1.29 is 4.74 Å². The molecule has 0 bridgehead atoms. The molecule has 1 aliphatic rings. The molecule has 1 saturated carbocycles. The topological polar surface area (TPSA) is 33.0 Å². The van der Waals surface area contributed by atoms with Crippen LogP contribution in [0.25, 0.3) is 0 Å². The number of rotatable bonds is 3. The summed E-state index contributed by atoms with van der Waals surface area (Å²) in [5, 5.41) is 8.83. The van der Waals surface area contributed by atoms with Gasteiger partial charge in [0.25, 0.3) is 0 Å². The van der Waals surface area contributed by atoms with E-state index in [2.05, 4.69) is 6.07 Å². The van der Waals surface area contributed by atoms with Crippen molar-refractivity contribution >= 4 is 0 Å². The van der Waals surface area contributed by atoms with Crippen molar-refractivity contribution in [2.45, 2.75) is 45.1 Å². The lowest BCUT2D eigenvalue weighted by Crippen LogP contribution is -2.24. The van der Waals surface area contributed by atoms with Gasteiger partial charge < -0.3 is 4.74 Å². The van der Waals surface area contributed by atoms with Crippen molar-refractivity contribution in [3.63, 3.8) is 0 Å². The highest BCUT2D eigenvalue weighted by Gasteiger charge is 2.23. The molecule has 0 aromatic heterocycles. The Morgan fingerprint density at radius 1 is 1.42 bits per heavy atom. The van der Waals surface area contributed by atoms with Crippen molar-refractivity contribution in [2.24, 2.45) is 5.92 Å². The molecule has 0 saturated heterocycles. The Kier molecular flexibility index (Phi) is 4.10. The van der Waals surface area contributed by atoms with Gasteiger partial charge in [0.05, 0.1) is 6.07 Å². The number of ether oxygens (including phenoxy) is 1. The minimum absolute atomic E-state index is 0.143. The van der Waals surface area contributed by atoms with Gasteiger partial charge in [0.1, 0.15) is 6.10 Å². The van der Waals surface area contributed by atoms with Gasteiger partial charge in [-0.05, 0) is 25.7 Å². The maximum atomic E-state index is 8.83. The van der Waals surface area contributed by atoms with Crippen molar-refractivity contribution in [1.29, 1.82) is 5.26 Å². The molecule has 12 heavy (non-hydrogen) atoms. The van der Waals surface area contributed by atoms with Gasteiger partial charge in [-0.25, -0.2) is 0 Å². The van der Waals surface area contributed by atoms with Crippen LogP contribution in [0.5, 0.6) is 0 Å². The van der Waals surface area contributed by atoms with E-state index >= 15 is 0 Å². The molecule has 1 atom stereocenters. The molecular weight excluding hydrogens is 150 g/mol. The largest absolute Gasteiger partial charge is 0.363 e. The summed E-state index contributed by atoms with van der Waals surface area (Å²) in [6.45, 7) is 2.61. The van der Waals surface area contributed by atoms with E-state index in [0.29, 0.717) is 12.5 Å². The molecular formula is C10H17NO. The summed E-state index contributed by atoms with van der Waals surface area (Å²) in [4.78, 5) is 0. The molecule has 2 nitrogen and oxygen atoms in total. The van der Waals surface area contributed by atoms with Crippen LogP contribution in [-0.4, -0.2) is 12.7 Å². The third-order valence-corrected chi connectivity index (χ3v) is 2.55. The molecule has 0 heterocycles. The van der Waals surface area contributed by atoms with Crippen LogP contribution in [0.2, 0.25) is 0 Å². The summed E-state index contributed by atoms with van der Waals surface area (Å²) in [5.74, 6) is 0.503. The van der Waals surface area contributed by atoms with Crippen molar-refractivity contribution in [3.05, 3.63) is 0 Å². The standard InChI is InChI=1S/C10H17NO/c1-2-12-10(8-11)9-6-4-3-5-7-9/h9-10H,2-7H2,1H3. The fraction of sp³-hybridized carbons (Fsp3) is 0.900. The second-order valence-electron chi connectivity index (χ2n) is 3.40. The molecule has 0 spiro atoms. The Morgan fingerprint density at radius 3 is 2.58 bits per heavy atom. The van der Waals surface area contributed by atoms with E-state index in [0.717, 1.165) is 0 Å². The van der Waals surface area contributed by atoms with Gasteiger partial charge in [0, 0.05) is 6.61 Å². The summed E-state index contributed by atoms with van der Waals surface area (Å²) in [7, 11) is 0. The van der Waals surface area contributed by atoms with Gasteiger partial charge in [-0.1, -0.05) is 19.3 Å². The van der Waals surface area contributed by atoms with Crippen LogP contribution < -0.4 is 0 Å². The van der Waals surface area contributed by atoms with Crippen LogP contribution in [0.4, 0.5) is 0 Å². The Bertz CT molecular complexity index is 156. The number of nitrogens with zero attached hydrogens (tertiary/aromatic N) is 1. The molecule has 0 radical (unpaired) electrons. The molecule has 1 rings (SSSR count). The van der Waals surface area contributed by atoms with Gasteiger partial charge in [-0.2, -0.15) is 5.26 Å². The fourth-order valence-corrected chi connectivity index (χ4v) is 1.90. The van der Waals surface area contributed by atoms with Gasteiger partial charge in [0.15, 0.2) is 0 Å². The zero-order chi connectivity index (χ0) is 8.81. The molecule has 1 unspecified atom stereocenters. The summed E-state index contributed by atoms with van der Waals surface area (Å²) >= 11 is 0. The van der Waals surface area contributed by atoms with Crippen LogP contribution in [-0.2, 0) is 4.74 Å². The van der Waals surface area contributed by atoms with Crippen LogP contribution in [0.3, 0.4) is 0 Å². The van der Waals surface area contributed by atoms with E-state index in [4.69, 9.17) is 10.00 Å². The molecule has 0 N–H and O–H groups in total. The Morgan fingerprint density at radius 2 is 2.08 bits per heavy atom. The Balaban J connectivity index is 2.36. The summed E-state index contributed by atoms with van der Waals surface area (Å²) in [6, 6.07) is 2.25. The van der Waals surface area contributed by atoms with E-state index < -0.39 is 0 Å². The predicted molar refractivity (Wildman–Crippen MR) is 47.6 cm³/mol. The zero-order valence-electron chi connectivity index (χ0n) is 7.75. The maximum Gasteiger partial charge on any atom is 0.146 e. The molecule has 2 heteroatoms. The first-order valence-electron chi connectivity index (χ1n) is 4.89. The Hall–Kier alpha value is -0.550. The second kappa shape index (κ2) is 5.16. The van der Waals surface area contributed by atoms with Crippen LogP contribution in [0.15, 0.2) is 0 Å². The zero-order valence-corrected chi connectivity index (χ0v) is 7.75. The van der Waals surface area contributed by atoms with Crippen molar-refractivity contribution in [1.82, 2.24) is 0 Å². The van der Waals surface area contributed by atoms with Gasteiger partial charge in [-0.3, -0.25) is 0 Å². The second-order valence-corrected chi connectivity index (χ2v) is 3.40. The van der Waals surface area contributed by atoms with E-state index in [-0.39, 0.29) is 6.10 Å².